The molecule has 0 amide bonds. The summed E-state index contributed by atoms with van der Waals surface area (Å²) in [4.78, 5) is 0. The van der Waals surface area contributed by atoms with Crippen molar-refractivity contribution in [3.05, 3.63) is 46.9 Å². The first kappa shape index (κ1) is 21.2. The highest BCUT2D eigenvalue weighted by molar-refractivity contribution is 9.14. The maximum atomic E-state index is 6.71. The van der Waals surface area contributed by atoms with Gasteiger partial charge in [0.15, 0.2) is 0 Å². The molecular formula is C16Br6Cl4. The van der Waals surface area contributed by atoms with Crippen LogP contribution >= 0.6 is 142 Å². The van der Waals surface area contributed by atoms with Gasteiger partial charge in [0, 0.05) is 59.2 Å². The van der Waals surface area contributed by atoms with Crippen LogP contribution in [-0.4, -0.2) is 0 Å². The topological polar surface area (TPSA) is 0 Å². The Labute approximate surface area is 218 Å². The molecule has 4 rings (SSSR count). The molecule has 0 spiro atoms. The van der Waals surface area contributed by atoms with Gasteiger partial charge in [0.05, 0.1) is 20.1 Å². The van der Waals surface area contributed by atoms with Gasteiger partial charge in [-0.15, -0.1) is 0 Å². The van der Waals surface area contributed by atoms with E-state index in [2.05, 4.69) is 95.6 Å². The highest BCUT2D eigenvalue weighted by Gasteiger charge is 2.29. The molecule has 0 aliphatic carbocycles. The molecule has 0 atom stereocenters. The average Bonchev–Trinajstić information content (AvgIpc) is 2.60. The number of rotatable bonds is 0. The number of hydrogen-bond acceptors (Lipinski definition) is 0. The van der Waals surface area contributed by atoms with Crippen molar-refractivity contribution in [3.63, 3.8) is 0 Å². The van der Waals surface area contributed by atoms with Crippen LogP contribution in [0.4, 0.5) is 0 Å². The summed E-state index contributed by atoms with van der Waals surface area (Å²) in [5.41, 5.74) is 0. The zero-order chi connectivity index (χ0) is 19.2. The summed E-state index contributed by atoms with van der Waals surface area (Å²) < 4.78 is 4.92. The number of hydrogen-bond donors (Lipinski definition) is 0. The van der Waals surface area contributed by atoms with E-state index in [0.29, 0.717) is 24.9 Å². The summed E-state index contributed by atoms with van der Waals surface area (Å²) in [5, 5.41) is 6.46. The van der Waals surface area contributed by atoms with Crippen LogP contribution < -0.4 is 0 Å². The fourth-order valence-corrected chi connectivity index (χ4v) is 8.50. The summed E-state index contributed by atoms with van der Waals surface area (Å²) in [6, 6.07) is 0. The third-order valence-corrected chi connectivity index (χ3v) is 12.4. The van der Waals surface area contributed by atoms with Crippen LogP contribution in [0.5, 0.6) is 0 Å². The molecule has 4 aromatic carbocycles. The van der Waals surface area contributed by atoms with E-state index < -0.39 is 0 Å². The molecule has 0 unspecified atom stereocenters. The minimum Gasteiger partial charge on any atom is -0.0823 e. The monoisotopic (exact) mass is 805 g/mol. The molecule has 0 radical (unpaired) electrons. The molecule has 0 saturated carbocycles. The van der Waals surface area contributed by atoms with Crippen LogP contribution in [0.2, 0.25) is 20.1 Å². The summed E-state index contributed by atoms with van der Waals surface area (Å²) in [5.74, 6) is 0. The molecule has 0 saturated heterocycles. The summed E-state index contributed by atoms with van der Waals surface area (Å²) in [6.45, 7) is 0. The SMILES string of the molecule is Clc1c(Cl)c2c(Cl)c(Br)c3c(Br)c(Br)c(Br)c4c(Br)c(Br)c(c1Cl)c2c34. The second kappa shape index (κ2) is 7.28. The minimum atomic E-state index is 0.264. The first-order chi connectivity index (χ1) is 12.1. The third-order valence-electron chi connectivity index (χ3n) is 4.16. The zero-order valence-electron chi connectivity index (χ0n) is 11.8. The van der Waals surface area contributed by atoms with Crippen LogP contribution in [0.1, 0.15) is 0 Å². The van der Waals surface area contributed by atoms with Gasteiger partial charge in [-0.25, -0.2) is 0 Å². The molecule has 0 fully saturated rings. The van der Waals surface area contributed by atoms with Crippen molar-refractivity contribution in [2.45, 2.75) is 0 Å². The molecule has 0 heterocycles. The second-order valence-corrected chi connectivity index (χ2v) is 11.7. The first-order valence-electron chi connectivity index (χ1n) is 6.64. The molecule has 0 aliphatic rings. The van der Waals surface area contributed by atoms with Crippen LogP contribution in [-0.2, 0) is 0 Å². The highest BCUT2D eigenvalue weighted by Crippen LogP contribution is 2.58. The molecule has 0 bridgehead atoms. The lowest BCUT2D eigenvalue weighted by molar-refractivity contribution is 1.60. The Hall–Kier alpha value is 1.96. The predicted octanol–water partition coefficient (Wildman–Crippen LogP) is 11.8. The molecule has 0 nitrogen and oxygen atoms in total. The fraction of sp³-hybridized carbons (Fsp3) is 0. The van der Waals surface area contributed by atoms with Crippen molar-refractivity contribution in [3.8, 4) is 0 Å². The van der Waals surface area contributed by atoms with Gasteiger partial charge in [0.1, 0.15) is 0 Å². The van der Waals surface area contributed by atoms with Crippen molar-refractivity contribution < 1.29 is 0 Å². The Morgan fingerprint density at radius 3 is 1.27 bits per heavy atom. The van der Waals surface area contributed by atoms with Crippen molar-refractivity contribution in [2.75, 3.05) is 0 Å². The Morgan fingerprint density at radius 2 is 0.692 bits per heavy atom. The van der Waals surface area contributed by atoms with Gasteiger partial charge in [0.25, 0.3) is 0 Å². The minimum absolute atomic E-state index is 0.264. The van der Waals surface area contributed by atoms with E-state index in [-0.39, 0.29) is 5.02 Å². The van der Waals surface area contributed by atoms with Gasteiger partial charge in [0.2, 0.25) is 0 Å². The number of halogens is 10. The lowest BCUT2D eigenvalue weighted by Gasteiger charge is -2.22. The quantitative estimate of drug-likeness (QED) is 0.123. The molecule has 4 aromatic rings. The van der Waals surface area contributed by atoms with Crippen LogP contribution in [0, 0.1) is 0 Å². The van der Waals surface area contributed by atoms with E-state index in [4.69, 9.17) is 46.4 Å². The predicted molar refractivity (Wildman–Crippen MR) is 136 cm³/mol. The summed E-state index contributed by atoms with van der Waals surface area (Å²) in [7, 11) is 0. The van der Waals surface area contributed by atoms with Gasteiger partial charge < -0.3 is 0 Å². The molecule has 0 N–H and O–H groups in total. The lowest BCUT2D eigenvalue weighted by atomic mass is 9.94. The van der Waals surface area contributed by atoms with Crippen molar-refractivity contribution >= 4 is 174 Å². The molecule has 134 valence electrons. The second-order valence-electron chi connectivity index (χ2n) is 5.39. The average molecular weight is 813 g/mol. The molecule has 0 aromatic heterocycles. The van der Waals surface area contributed by atoms with E-state index in [1.165, 1.54) is 0 Å². The largest absolute Gasteiger partial charge is 0.0823 e. The van der Waals surface area contributed by atoms with Gasteiger partial charge in [-0.1, -0.05) is 46.4 Å². The lowest BCUT2D eigenvalue weighted by Crippen LogP contribution is -1.95. The molecule has 10 heteroatoms. The van der Waals surface area contributed by atoms with E-state index in [0.717, 1.165) is 49.3 Å². The smallest absolute Gasteiger partial charge is 0.0792 e. The van der Waals surface area contributed by atoms with Crippen LogP contribution in [0.15, 0.2) is 26.8 Å². The zero-order valence-corrected chi connectivity index (χ0v) is 24.3. The van der Waals surface area contributed by atoms with Gasteiger partial charge in [-0.2, -0.15) is 0 Å². The van der Waals surface area contributed by atoms with Crippen molar-refractivity contribution in [1.82, 2.24) is 0 Å². The maximum Gasteiger partial charge on any atom is 0.0792 e. The molecular weight excluding hydrogens is 813 g/mol. The Balaban J connectivity index is 2.63. The standard InChI is InChI=1S/C16Br6Cl4/c17-7-3-1-2-5(10(7)20)14(24)16(26)15(25)6(2)13(23)11(21)4(1)9(19)12(22)8(3)18. The Morgan fingerprint density at radius 1 is 0.308 bits per heavy atom. The Bertz CT molecular complexity index is 1090. The van der Waals surface area contributed by atoms with Crippen molar-refractivity contribution in [2.24, 2.45) is 0 Å². The normalized spacial score (nSPS) is 12.2. The summed E-state index contributed by atoms with van der Waals surface area (Å²) >= 11 is 48.2. The van der Waals surface area contributed by atoms with Gasteiger partial charge in [-0.05, 0) is 95.6 Å². The van der Waals surface area contributed by atoms with E-state index >= 15 is 0 Å². The fourth-order valence-electron chi connectivity index (χ4n) is 3.08. The van der Waals surface area contributed by atoms with Crippen LogP contribution in [0.25, 0.3) is 32.3 Å². The third kappa shape index (κ3) is 2.66. The van der Waals surface area contributed by atoms with E-state index in [1.807, 2.05) is 0 Å². The molecule has 26 heavy (non-hydrogen) atoms. The van der Waals surface area contributed by atoms with Gasteiger partial charge >= 0.3 is 0 Å². The molecule has 0 aliphatic heterocycles. The van der Waals surface area contributed by atoms with E-state index in [9.17, 15) is 0 Å². The van der Waals surface area contributed by atoms with E-state index in [1.54, 1.807) is 0 Å². The van der Waals surface area contributed by atoms with Gasteiger partial charge in [-0.3, -0.25) is 0 Å². The van der Waals surface area contributed by atoms with Crippen LogP contribution in [0.3, 0.4) is 0 Å². The Kier molecular flexibility index (Phi) is 5.94. The highest BCUT2D eigenvalue weighted by atomic mass is 79.9. The first-order valence-corrected chi connectivity index (χ1v) is 12.9. The summed E-state index contributed by atoms with van der Waals surface area (Å²) in [6.07, 6.45) is 0. The van der Waals surface area contributed by atoms with Crippen molar-refractivity contribution in [1.29, 1.82) is 0 Å². The number of benzene rings is 4. The maximum absolute atomic E-state index is 6.71.